The van der Waals surface area contributed by atoms with Gasteiger partial charge in [0.1, 0.15) is 47.8 Å². The minimum atomic E-state index is -1.56. The van der Waals surface area contributed by atoms with Gasteiger partial charge in [-0.25, -0.2) is 0 Å². The van der Waals surface area contributed by atoms with Crippen LogP contribution in [0.2, 0.25) is 0 Å². The number of aliphatic hydroxyl groups excluding tert-OH is 4. The van der Waals surface area contributed by atoms with E-state index >= 15 is 0 Å². The van der Waals surface area contributed by atoms with Gasteiger partial charge < -0.3 is 39.4 Å². The lowest BCUT2D eigenvalue weighted by Crippen LogP contribution is -2.60. The summed E-state index contributed by atoms with van der Waals surface area (Å²) in [5.41, 5.74) is 0.862. The molecule has 1 aromatic heterocycles. The van der Waals surface area contributed by atoms with Crippen LogP contribution in [-0.4, -0.2) is 62.8 Å². The molecule has 0 spiro atoms. The molecule has 9 heteroatoms. The van der Waals surface area contributed by atoms with Crippen LogP contribution in [0.1, 0.15) is 0 Å². The average molecular weight is 416 g/mol. The van der Waals surface area contributed by atoms with E-state index < -0.39 is 37.3 Å². The maximum Gasteiger partial charge on any atom is 0.229 e. The van der Waals surface area contributed by atoms with Crippen molar-refractivity contribution in [2.75, 3.05) is 6.61 Å². The number of aromatic hydroxyl groups is 1. The maximum atomic E-state index is 12.8. The first-order valence-electron chi connectivity index (χ1n) is 9.21. The molecule has 1 aliphatic rings. The molecule has 0 radical (unpaired) electrons. The molecule has 158 valence electrons. The number of benzene rings is 2. The van der Waals surface area contributed by atoms with Crippen molar-refractivity contribution in [2.24, 2.45) is 0 Å². The van der Waals surface area contributed by atoms with E-state index in [9.17, 15) is 30.3 Å². The van der Waals surface area contributed by atoms with Gasteiger partial charge in [0.05, 0.1) is 17.6 Å². The monoisotopic (exact) mass is 416 g/mol. The Balaban J connectivity index is 1.62. The highest BCUT2D eigenvalue weighted by molar-refractivity contribution is 5.82. The molecule has 1 aliphatic heterocycles. The molecule has 0 bridgehead atoms. The summed E-state index contributed by atoms with van der Waals surface area (Å²) >= 11 is 0. The number of phenolic OH excluding ortho intramolecular Hbond substituents is 1. The molecular weight excluding hydrogens is 396 g/mol. The van der Waals surface area contributed by atoms with E-state index in [-0.39, 0.29) is 22.5 Å². The predicted molar refractivity (Wildman–Crippen MR) is 104 cm³/mol. The van der Waals surface area contributed by atoms with E-state index in [1.807, 2.05) is 0 Å². The molecule has 2 aromatic carbocycles. The minimum Gasteiger partial charge on any atom is -0.508 e. The van der Waals surface area contributed by atoms with Crippen LogP contribution in [0.15, 0.2) is 57.9 Å². The fraction of sp³-hybridized carbons (Fsp3) is 0.286. The summed E-state index contributed by atoms with van der Waals surface area (Å²) in [4.78, 5) is 12.8. The van der Waals surface area contributed by atoms with Crippen LogP contribution in [-0.2, 0) is 4.74 Å². The number of ether oxygens (including phenoxy) is 2. The van der Waals surface area contributed by atoms with Gasteiger partial charge >= 0.3 is 0 Å². The molecule has 0 aliphatic carbocycles. The second-order valence-electron chi connectivity index (χ2n) is 7.00. The molecule has 1 saturated heterocycles. The highest BCUT2D eigenvalue weighted by Crippen LogP contribution is 2.27. The molecule has 1 fully saturated rings. The molecular formula is C21H20O9. The lowest BCUT2D eigenvalue weighted by atomic mass is 9.99. The van der Waals surface area contributed by atoms with Crippen LogP contribution in [0.25, 0.3) is 22.1 Å². The van der Waals surface area contributed by atoms with Gasteiger partial charge in [-0.2, -0.15) is 0 Å². The second kappa shape index (κ2) is 8.05. The molecule has 5 N–H and O–H groups in total. The number of aliphatic hydroxyl groups is 4. The Hall–Kier alpha value is -2.95. The van der Waals surface area contributed by atoms with Gasteiger partial charge in [-0.1, -0.05) is 12.1 Å². The number of fused-ring (bicyclic) bond motifs is 1. The van der Waals surface area contributed by atoms with E-state index in [1.165, 1.54) is 36.6 Å². The maximum absolute atomic E-state index is 12.8. The Morgan fingerprint density at radius 3 is 2.40 bits per heavy atom. The van der Waals surface area contributed by atoms with Gasteiger partial charge in [-0.15, -0.1) is 0 Å². The van der Waals surface area contributed by atoms with Gasteiger partial charge in [0.25, 0.3) is 0 Å². The van der Waals surface area contributed by atoms with Gasteiger partial charge in [0.15, 0.2) is 5.43 Å². The fourth-order valence-corrected chi connectivity index (χ4v) is 3.32. The highest BCUT2D eigenvalue weighted by atomic mass is 16.7. The summed E-state index contributed by atoms with van der Waals surface area (Å²) in [5.74, 6) is 0.270. The van der Waals surface area contributed by atoms with Crippen molar-refractivity contribution in [3.05, 3.63) is 59.0 Å². The first-order valence-corrected chi connectivity index (χ1v) is 9.21. The van der Waals surface area contributed by atoms with Crippen molar-refractivity contribution in [1.82, 2.24) is 0 Å². The molecule has 0 unspecified atom stereocenters. The average Bonchev–Trinajstić information content (AvgIpc) is 2.75. The third-order valence-electron chi connectivity index (χ3n) is 5.03. The van der Waals surface area contributed by atoms with E-state index in [0.717, 1.165) is 0 Å². The van der Waals surface area contributed by atoms with Gasteiger partial charge in [-0.3, -0.25) is 4.79 Å². The van der Waals surface area contributed by atoms with E-state index in [2.05, 4.69) is 0 Å². The normalized spacial score (nSPS) is 26.6. The Labute approximate surface area is 170 Å². The van der Waals surface area contributed by atoms with Crippen LogP contribution in [0.4, 0.5) is 0 Å². The molecule has 4 rings (SSSR count). The lowest BCUT2D eigenvalue weighted by molar-refractivity contribution is -0.277. The zero-order valence-corrected chi connectivity index (χ0v) is 15.6. The molecule has 0 saturated carbocycles. The highest BCUT2D eigenvalue weighted by Gasteiger charge is 2.44. The van der Waals surface area contributed by atoms with E-state index in [1.54, 1.807) is 12.1 Å². The first-order chi connectivity index (χ1) is 14.4. The SMILES string of the molecule is O=c1c(-c2ccc(O)cc2)coc2cc(O[C@@H]3O[C@@H](CO)[C@@H](O)[C@H](O)[C@@H]3O)ccc12. The van der Waals surface area contributed by atoms with Crippen LogP contribution < -0.4 is 10.2 Å². The van der Waals surface area contributed by atoms with Crippen molar-refractivity contribution in [2.45, 2.75) is 30.7 Å². The van der Waals surface area contributed by atoms with Crippen molar-refractivity contribution in [1.29, 1.82) is 0 Å². The number of phenols is 1. The summed E-state index contributed by atoms with van der Waals surface area (Å²) in [7, 11) is 0. The van der Waals surface area contributed by atoms with Crippen molar-refractivity contribution in [3.63, 3.8) is 0 Å². The first kappa shape index (κ1) is 20.3. The Morgan fingerprint density at radius 2 is 1.70 bits per heavy atom. The zero-order valence-electron chi connectivity index (χ0n) is 15.6. The van der Waals surface area contributed by atoms with Gasteiger partial charge in [-0.05, 0) is 29.8 Å². The topological polar surface area (TPSA) is 150 Å². The minimum absolute atomic E-state index is 0.0823. The van der Waals surface area contributed by atoms with Crippen molar-refractivity contribution >= 4 is 11.0 Å². The third kappa shape index (κ3) is 3.64. The number of hydrogen-bond acceptors (Lipinski definition) is 9. The molecule has 5 atom stereocenters. The van der Waals surface area contributed by atoms with E-state index in [4.69, 9.17) is 13.9 Å². The van der Waals surface area contributed by atoms with Crippen molar-refractivity contribution in [3.8, 4) is 22.6 Å². The number of hydrogen-bond donors (Lipinski definition) is 5. The van der Waals surface area contributed by atoms with Crippen LogP contribution in [0.5, 0.6) is 11.5 Å². The van der Waals surface area contributed by atoms with Crippen LogP contribution in [0, 0.1) is 0 Å². The summed E-state index contributed by atoms with van der Waals surface area (Å²) in [6, 6.07) is 10.5. The largest absolute Gasteiger partial charge is 0.508 e. The predicted octanol–water partition coefficient (Wildman–Crippen LogP) is 0.344. The second-order valence-corrected chi connectivity index (χ2v) is 7.00. The Bertz CT molecular complexity index is 1090. The quantitative estimate of drug-likeness (QED) is 0.406. The molecule has 2 heterocycles. The Kier molecular flexibility index (Phi) is 5.46. The smallest absolute Gasteiger partial charge is 0.229 e. The standard InChI is InChI=1S/C21H20O9/c22-8-16-18(25)19(26)20(27)21(30-16)29-12-5-6-13-15(7-12)28-9-14(17(13)24)10-1-3-11(23)4-2-10/h1-7,9,16,18-23,25-27H,8H2/t16-,18+,19-,20-,21+/m0/s1. The number of rotatable bonds is 4. The molecule has 3 aromatic rings. The lowest BCUT2D eigenvalue weighted by Gasteiger charge is -2.39. The van der Waals surface area contributed by atoms with E-state index in [0.29, 0.717) is 16.5 Å². The summed E-state index contributed by atoms with van der Waals surface area (Å²) in [6.45, 7) is -0.572. The third-order valence-corrected chi connectivity index (χ3v) is 5.03. The Morgan fingerprint density at radius 1 is 0.967 bits per heavy atom. The molecule has 9 nitrogen and oxygen atoms in total. The van der Waals surface area contributed by atoms with Crippen molar-refractivity contribution < 1.29 is 39.4 Å². The van der Waals surface area contributed by atoms with Crippen LogP contribution >= 0.6 is 0 Å². The van der Waals surface area contributed by atoms with Gasteiger partial charge in [0.2, 0.25) is 6.29 Å². The van der Waals surface area contributed by atoms with Gasteiger partial charge in [0, 0.05) is 6.07 Å². The summed E-state index contributed by atoms with van der Waals surface area (Å²) < 4.78 is 16.4. The molecule has 30 heavy (non-hydrogen) atoms. The summed E-state index contributed by atoms with van der Waals surface area (Å²) in [5, 5.41) is 48.7. The summed E-state index contributed by atoms with van der Waals surface area (Å²) in [6.07, 6.45) is -5.75. The fourth-order valence-electron chi connectivity index (χ4n) is 3.32. The zero-order chi connectivity index (χ0) is 21.4. The van der Waals surface area contributed by atoms with Crippen LogP contribution in [0.3, 0.4) is 0 Å². The molecule has 0 amide bonds.